The van der Waals surface area contributed by atoms with Gasteiger partial charge in [0.25, 0.3) is 0 Å². The van der Waals surface area contributed by atoms with Crippen molar-refractivity contribution in [3.8, 4) is 0 Å². The molecule has 1 aliphatic rings. The number of benzene rings is 2. The molecule has 1 fully saturated rings. The quantitative estimate of drug-likeness (QED) is 0.889. The fraction of sp³-hybridized carbons (Fsp3) is 0.350. The Balaban J connectivity index is 1.58. The third-order valence-corrected chi connectivity index (χ3v) is 4.50. The number of nitrogens with one attached hydrogen (secondary N) is 1. The summed E-state index contributed by atoms with van der Waals surface area (Å²) >= 11 is 0. The van der Waals surface area contributed by atoms with Crippen LogP contribution in [-0.4, -0.2) is 29.0 Å². The number of anilines is 1. The van der Waals surface area contributed by atoms with Crippen LogP contribution in [0.25, 0.3) is 0 Å². The smallest absolute Gasteiger partial charge is 0.228 e. The third-order valence-electron chi connectivity index (χ3n) is 4.50. The van der Waals surface area contributed by atoms with Gasteiger partial charge >= 0.3 is 0 Å². The summed E-state index contributed by atoms with van der Waals surface area (Å²) in [6.07, 6.45) is 1.97. The van der Waals surface area contributed by atoms with Gasteiger partial charge in [-0.2, -0.15) is 0 Å². The molecule has 1 heterocycles. The molecule has 3 rings (SSSR count). The van der Waals surface area contributed by atoms with Crippen molar-refractivity contribution in [3.63, 3.8) is 0 Å². The van der Waals surface area contributed by atoms with Crippen LogP contribution in [0.2, 0.25) is 0 Å². The van der Waals surface area contributed by atoms with E-state index in [9.17, 15) is 9.90 Å². The van der Waals surface area contributed by atoms with Gasteiger partial charge in [0, 0.05) is 18.8 Å². The lowest BCUT2D eigenvalue weighted by Crippen LogP contribution is -2.40. The first-order chi connectivity index (χ1) is 11.7. The standard InChI is InChI=1S/C20H24N2O2/c23-15-17-8-4-10-19(12-17)21-20(24)18-9-5-11-22(14-18)13-16-6-2-1-3-7-16/h1-4,6-8,10,12,18,23H,5,9,11,13-15H2,(H,21,24)/t18-/m1/s1. The first kappa shape index (κ1) is 16.7. The number of carbonyl (C=O) groups is 1. The Labute approximate surface area is 143 Å². The largest absolute Gasteiger partial charge is 0.392 e. The molecule has 0 aromatic heterocycles. The third kappa shape index (κ3) is 4.43. The number of carbonyl (C=O) groups excluding carboxylic acids is 1. The molecular formula is C20H24N2O2. The highest BCUT2D eigenvalue weighted by atomic mass is 16.3. The normalized spacial score (nSPS) is 18.3. The van der Waals surface area contributed by atoms with E-state index in [4.69, 9.17) is 0 Å². The lowest BCUT2D eigenvalue weighted by Gasteiger charge is -2.32. The zero-order valence-corrected chi connectivity index (χ0v) is 13.8. The van der Waals surface area contributed by atoms with Crippen LogP contribution in [0, 0.1) is 5.92 Å². The Morgan fingerprint density at radius 1 is 1.12 bits per heavy atom. The maximum atomic E-state index is 12.6. The minimum atomic E-state index is -0.0159. The monoisotopic (exact) mass is 324 g/mol. The average molecular weight is 324 g/mol. The van der Waals surface area contributed by atoms with Gasteiger partial charge in [0.15, 0.2) is 0 Å². The predicted octanol–water partition coefficient (Wildman–Crippen LogP) is 3.03. The summed E-state index contributed by atoms with van der Waals surface area (Å²) in [4.78, 5) is 14.9. The Morgan fingerprint density at radius 3 is 2.71 bits per heavy atom. The van der Waals surface area contributed by atoms with Gasteiger partial charge in [-0.1, -0.05) is 42.5 Å². The number of hydrogen-bond acceptors (Lipinski definition) is 3. The van der Waals surface area contributed by atoms with Gasteiger partial charge in [0.2, 0.25) is 5.91 Å². The molecule has 0 unspecified atom stereocenters. The molecule has 0 saturated carbocycles. The van der Waals surface area contributed by atoms with E-state index in [2.05, 4.69) is 34.5 Å². The van der Waals surface area contributed by atoms with Crippen molar-refractivity contribution in [2.45, 2.75) is 26.0 Å². The van der Waals surface area contributed by atoms with Crippen molar-refractivity contribution >= 4 is 11.6 Å². The van der Waals surface area contributed by atoms with Gasteiger partial charge in [-0.15, -0.1) is 0 Å². The van der Waals surface area contributed by atoms with Crippen molar-refractivity contribution in [1.82, 2.24) is 4.90 Å². The number of hydrogen-bond donors (Lipinski definition) is 2. The minimum absolute atomic E-state index is 0.0141. The maximum absolute atomic E-state index is 12.6. The molecule has 4 heteroatoms. The van der Waals surface area contributed by atoms with E-state index in [1.54, 1.807) is 0 Å². The maximum Gasteiger partial charge on any atom is 0.228 e. The average Bonchev–Trinajstić information content (AvgIpc) is 2.63. The van der Waals surface area contributed by atoms with Gasteiger partial charge in [0.05, 0.1) is 12.5 Å². The van der Waals surface area contributed by atoms with E-state index >= 15 is 0 Å². The molecule has 2 aromatic carbocycles. The van der Waals surface area contributed by atoms with Gasteiger partial charge < -0.3 is 10.4 Å². The summed E-state index contributed by atoms with van der Waals surface area (Å²) < 4.78 is 0. The van der Waals surface area contributed by atoms with Gasteiger partial charge in [0.1, 0.15) is 0 Å². The van der Waals surface area contributed by atoms with Crippen molar-refractivity contribution in [2.75, 3.05) is 18.4 Å². The molecule has 2 aromatic rings. The summed E-state index contributed by atoms with van der Waals surface area (Å²) in [6.45, 7) is 2.71. The number of nitrogens with zero attached hydrogens (tertiary/aromatic N) is 1. The summed E-state index contributed by atoms with van der Waals surface area (Å²) in [5.41, 5.74) is 2.85. The first-order valence-electron chi connectivity index (χ1n) is 8.51. The van der Waals surface area contributed by atoms with Crippen LogP contribution in [0.1, 0.15) is 24.0 Å². The highest BCUT2D eigenvalue weighted by Crippen LogP contribution is 2.21. The van der Waals surface area contributed by atoms with E-state index in [0.29, 0.717) is 0 Å². The van der Waals surface area contributed by atoms with Gasteiger partial charge in [-0.05, 0) is 42.6 Å². The second-order valence-corrected chi connectivity index (χ2v) is 6.41. The Morgan fingerprint density at radius 2 is 1.92 bits per heavy atom. The zero-order chi connectivity index (χ0) is 16.8. The number of piperidine rings is 1. The lowest BCUT2D eigenvalue weighted by molar-refractivity contribution is -0.121. The molecule has 1 saturated heterocycles. The molecule has 0 radical (unpaired) electrons. The molecule has 0 aliphatic carbocycles. The molecule has 1 aliphatic heterocycles. The Kier molecular flexibility index (Phi) is 5.62. The second-order valence-electron chi connectivity index (χ2n) is 6.41. The van der Waals surface area contributed by atoms with Crippen molar-refractivity contribution < 1.29 is 9.90 Å². The van der Waals surface area contributed by atoms with Gasteiger partial charge in [-0.25, -0.2) is 0 Å². The topological polar surface area (TPSA) is 52.6 Å². The number of rotatable bonds is 5. The second kappa shape index (κ2) is 8.08. The molecular weight excluding hydrogens is 300 g/mol. The molecule has 126 valence electrons. The fourth-order valence-electron chi connectivity index (χ4n) is 3.25. The van der Waals surface area contributed by atoms with Crippen LogP contribution >= 0.6 is 0 Å². The summed E-state index contributed by atoms with van der Waals surface area (Å²) in [7, 11) is 0. The molecule has 4 nitrogen and oxygen atoms in total. The first-order valence-corrected chi connectivity index (χ1v) is 8.51. The van der Waals surface area contributed by atoms with Crippen LogP contribution in [0.4, 0.5) is 5.69 Å². The van der Waals surface area contributed by atoms with E-state index < -0.39 is 0 Å². The fourth-order valence-corrected chi connectivity index (χ4v) is 3.25. The Hall–Kier alpha value is -2.17. The zero-order valence-electron chi connectivity index (χ0n) is 13.8. The molecule has 1 amide bonds. The summed E-state index contributed by atoms with van der Waals surface area (Å²) in [5, 5.41) is 12.2. The summed E-state index contributed by atoms with van der Waals surface area (Å²) in [5.74, 6) is 0.0862. The van der Waals surface area contributed by atoms with Crippen molar-refractivity contribution in [2.24, 2.45) is 5.92 Å². The number of aliphatic hydroxyl groups is 1. The van der Waals surface area contributed by atoms with Crippen LogP contribution in [0.3, 0.4) is 0 Å². The van der Waals surface area contributed by atoms with Crippen LogP contribution in [0.15, 0.2) is 54.6 Å². The van der Waals surface area contributed by atoms with Gasteiger partial charge in [-0.3, -0.25) is 9.69 Å². The number of aliphatic hydroxyl groups excluding tert-OH is 1. The highest BCUT2D eigenvalue weighted by molar-refractivity contribution is 5.92. The van der Waals surface area contributed by atoms with E-state index in [1.165, 1.54) is 5.56 Å². The van der Waals surface area contributed by atoms with E-state index in [-0.39, 0.29) is 18.4 Å². The number of likely N-dealkylation sites (tertiary alicyclic amines) is 1. The van der Waals surface area contributed by atoms with E-state index in [0.717, 1.165) is 43.7 Å². The van der Waals surface area contributed by atoms with Crippen LogP contribution in [-0.2, 0) is 17.9 Å². The number of amides is 1. The highest BCUT2D eigenvalue weighted by Gasteiger charge is 2.25. The van der Waals surface area contributed by atoms with Crippen LogP contribution < -0.4 is 5.32 Å². The lowest BCUT2D eigenvalue weighted by atomic mass is 9.96. The molecule has 1 atom stereocenters. The van der Waals surface area contributed by atoms with Crippen molar-refractivity contribution in [3.05, 3.63) is 65.7 Å². The van der Waals surface area contributed by atoms with Crippen LogP contribution in [0.5, 0.6) is 0 Å². The predicted molar refractivity (Wildman–Crippen MR) is 95.4 cm³/mol. The minimum Gasteiger partial charge on any atom is -0.392 e. The summed E-state index contributed by atoms with van der Waals surface area (Å²) in [6, 6.07) is 17.8. The molecule has 0 spiro atoms. The SMILES string of the molecule is O=C(Nc1cccc(CO)c1)[C@@H]1CCCN(Cc2ccccc2)C1. The van der Waals surface area contributed by atoms with E-state index in [1.807, 2.05) is 30.3 Å². The van der Waals surface area contributed by atoms with Crippen molar-refractivity contribution in [1.29, 1.82) is 0 Å². The molecule has 0 bridgehead atoms. The molecule has 24 heavy (non-hydrogen) atoms. The molecule has 2 N–H and O–H groups in total. The Bertz CT molecular complexity index is 672.